The second-order valence-corrected chi connectivity index (χ2v) is 5.41. The lowest BCUT2D eigenvalue weighted by Gasteiger charge is -2.34. The molecule has 1 aliphatic heterocycles. The molecular formula is C13H20N2O2. The summed E-state index contributed by atoms with van der Waals surface area (Å²) in [5, 5.41) is 0. The van der Waals surface area contributed by atoms with E-state index in [0.717, 1.165) is 12.0 Å². The normalized spacial score (nSPS) is 23.4. The average Bonchev–Trinajstić information content (AvgIpc) is 2.18. The summed E-state index contributed by atoms with van der Waals surface area (Å²) >= 11 is 0. The number of nitrogens with zero attached hydrogens (tertiary/aromatic N) is 2. The first-order chi connectivity index (χ1) is 7.83. The highest BCUT2D eigenvalue weighted by atomic mass is 16.6. The van der Waals surface area contributed by atoms with E-state index in [1.165, 1.54) is 0 Å². The zero-order valence-corrected chi connectivity index (χ0v) is 11.0. The maximum atomic E-state index is 11.8. The lowest BCUT2D eigenvalue weighted by atomic mass is 9.94. The number of carbonyl (C=O) groups excluding carboxylic acids is 1. The smallest absolute Gasteiger partial charge is 0.410 e. The van der Waals surface area contributed by atoms with Crippen LogP contribution >= 0.6 is 0 Å². The van der Waals surface area contributed by atoms with Crippen molar-refractivity contribution < 1.29 is 9.53 Å². The van der Waals surface area contributed by atoms with Gasteiger partial charge in [-0.25, -0.2) is 9.64 Å². The Balaban J connectivity index is 2.59. The molecule has 0 aromatic carbocycles. The molecule has 0 aromatic rings. The molecule has 0 aliphatic carbocycles. The molecule has 17 heavy (non-hydrogen) atoms. The molecule has 0 spiro atoms. The highest BCUT2D eigenvalue weighted by Crippen LogP contribution is 2.23. The first-order valence-electron chi connectivity index (χ1n) is 5.87. The van der Waals surface area contributed by atoms with Crippen molar-refractivity contribution in [1.29, 1.82) is 0 Å². The second-order valence-electron chi connectivity index (χ2n) is 5.41. The second kappa shape index (κ2) is 5.22. The summed E-state index contributed by atoms with van der Waals surface area (Å²) in [6, 6.07) is 0. The Morgan fingerprint density at radius 1 is 1.59 bits per heavy atom. The molecule has 1 amide bonds. The molecule has 0 aromatic heterocycles. The van der Waals surface area contributed by atoms with Gasteiger partial charge in [-0.2, -0.15) is 0 Å². The number of amides is 1. The molecule has 4 heteroatoms. The highest BCUT2D eigenvalue weighted by molar-refractivity contribution is 5.68. The average molecular weight is 236 g/mol. The maximum Gasteiger partial charge on any atom is 0.410 e. The van der Waals surface area contributed by atoms with Crippen molar-refractivity contribution in [2.24, 2.45) is 5.92 Å². The quantitative estimate of drug-likeness (QED) is 0.606. The summed E-state index contributed by atoms with van der Waals surface area (Å²) < 4.78 is 5.33. The van der Waals surface area contributed by atoms with E-state index in [1.54, 1.807) is 11.1 Å². The van der Waals surface area contributed by atoms with Crippen LogP contribution in [0.25, 0.3) is 4.85 Å². The van der Waals surface area contributed by atoms with Gasteiger partial charge in [0.25, 0.3) is 0 Å². The molecule has 94 valence electrons. The zero-order valence-electron chi connectivity index (χ0n) is 11.0. The molecule has 0 radical (unpaired) electrons. The fourth-order valence-corrected chi connectivity index (χ4v) is 1.82. The van der Waals surface area contributed by atoms with Crippen LogP contribution in [-0.4, -0.2) is 29.7 Å². The Labute approximate surface area is 103 Å². The number of hydrogen-bond donors (Lipinski definition) is 0. The Morgan fingerprint density at radius 3 is 2.71 bits per heavy atom. The Kier molecular flexibility index (Phi) is 4.17. The standard InChI is InChI=1S/C13H20N2O2/c1-10-9-15(7-6-11(10)8-14-5)12(16)17-13(2,3)4/h8,10H,6-7,9H2,1-4H3/b11-8+. The number of hydrogen-bond acceptors (Lipinski definition) is 2. The van der Waals surface area contributed by atoms with Gasteiger partial charge >= 0.3 is 6.09 Å². The summed E-state index contributed by atoms with van der Waals surface area (Å²) in [7, 11) is 0. The topological polar surface area (TPSA) is 33.9 Å². The van der Waals surface area contributed by atoms with Gasteiger partial charge in [0, 0.05) is 13.1 Å². The van der Waals surface area contributed by atoms with Crippen molar-refractivity contribution in [3.05, 3.63) is 23.2 Å². The minimum atomic E-state index is -0.451. The van der Waals surface area contributed by atoms with Gasteiger partial charge < -0.3 is 9.64 Å². The van der Waals surface area contributed by atoms with E-state index >= 15 is 0 Å². The van der Waals surface area contributed by atoms with Gasteiger partial charge in [0.05, 0.1) is 6.57 Å². The molecule has 4 nitrogen and oxygen atoms in total. The predicted octanol–water partition coefficient (Wildman–Crippen LogP) is 3.07. The summed E-state index contributed by atoms with van der Waals surface area (Å²) in [5.74, 6) is 0.241. The number of rotatable bonds is 0. The summed E-state index contributed by atoms with van der Waals surface area (Å²) in [6.45, 7) is 15.7. The third-order valence-electron chi connectivity index (χ3n) is 2.68. The van der Waals surface area contributed by atoms with Gasteiger partial charge in [-0.15, -0.1) is 0 Å². The first kappa shape index (κ1) is 13.6. The van der Waals surface area contributed by atoms with Gasteiger partial charge in [0.2, 0.25) is 0 Å². The Bertz CT molecular complexity index is 361. The van der Waals surface area contributed by atoms with Crippen molar-refractivity contribution in [1.82, 2.24) is 4.90 Å². The molecule has 1 heterocycles. The van der Waals surface area contributed by atoms with Crippen LogP contribution in [0.5, 0.6) is 0 Å². The number of ether oxygens (including phenoxy) is 1. The third kappa shape index (κ3) is 4.10. The van der Waals surface area contributed by atoms with Crippen LogP contribution in [0.4, 0.5) is 4.79 Å². The van der Waals surface area contributed by atoms with Gasteiger partial charge in [-0.05, 0) is 33.1 Å². The maximum absolute atomic E-state index is 11.8. The molecular weight excluding hydrogens is 216 g/mol. The van der Waals surface area contributed by atoms with Gasteiger partial charge in [-0.1, -0.05) is 12.5 Å². The van der Waals surface area contributed by atoms with Gasteiger partial charge in [0.1, 0.15) is 5.60 Å². The number of carbonyl (C=O) groups is 1. The van der Waals surface area contributed by atoms with Crippen molar-refractivity contribution in [3.63, 3.8) is 0 Å². The molecule has 1 atom stereocenters. The van der Waals surface area contributed by atoms with E-state index in [1.807, 2.05) is 27.7 Å². The highest BCUT2D eigenvalue weighted by Gasteiger charge is 2.27. The lowest BCUT2D eigenvalue weighted by molar-refractivity contribution is 0.0208. The largest absolute Gasteiger partial charge is 0.444 e. The van der Waals surface area contributed by atoms with Crippen LogP contribution in [0.15, 0.2) is 11.8 Å². The Hall–Kier alpha value is -1.50. The fraction of sp³-hybridized carbons (Fsp3) is 0.692. The van der Waals surface area contributed by atoms with Crippen molar-refractivity contribution in [2.45, 2.75) is 39.7 Å². The first-order valence-corrected chi connectivity index (χ1v) is 5.87. The van der Waals surface area contributed by atoms with Crippen LogP contribution in [-0.2, 0) is 4.74 Å². The number of piperidine rings is 1. The lowest BCUT2D eigenvalue weighted by Crippen LogP contribution is -2.43. The third-order valence-corrected chi connectivity index (χ3v) is 2.68. The van der Waals surface area contributed by atoms with E-state index in [4.69, 9.17) is 11.3 Å². The molecule has 1 fully saturated rings. The summed E-state index contributed by atoms with van der Waals surface area (Å²) in [4.78, 5) is 16.9. The van der Waals surface area contributed by atoms with E-state index < -0.39 is 5.60 Å². The Morgan fingerprint density at radius 2 is 2.24 bits per heavy atom. The fourth-order valence-electron chi connectivity index (χ4n) is 1.82. The van der Waals surface area contributed by atoms with Crippen LogP contribution < -0.4 is 0 Å². The molecule has 0 saturated carbocycles. The van der Waals surface area contributed by atoms with Crippen LogP contribution in [0.3, 0.4) is 0 Å². The van der Waals surface area contributed by atoms with Crippen LogP contribution in [0.2, 0.25) is 0 Å². The van der Waals surface area contributed by atoms with E-state index in [0.29, 0.717) is 13.1 Å². The van der Waals surface area contributed by atoms with E-state index in [2.05, 4.69) is 4.85 Å². The van der Waals surface area contributed by atoms with Crippen molar-refractivity contribution in [2.75, 3.05) is 13.1 Å². The zero-order chi connectivity index (χ0) is 13.1. The van der Waals surface area contributed by atoms with Gasteiger partial charge in [-0.3, -0.25) is 0 Å². The minimum absolute atomic E-state index is 0.241. The molecule has 0 bridgehead atoms. The molecule has 1 saturated heterocycles. The van der Waals surface area contributed by atoms with E-state index in [9.17, 15) is 4.79 Å². The van der Waals surface area contributed by atoms with E-state index in [-0.39, 0.29) is 12.0 Å². The van der Waals surface area contributed by atoms with Crippen LogP contribution in [0, 0.1) is 12.5 Å². The molecule has 1 rings (SSSR count). The van der Waals surface area contributed by atoms with Gasteiger partial charge in [0.15, 0.2) is 6.20 Å². The minimum Gasteiger partial charge on any atom is -0.444 e. The molecule has 0 N–H and O–H groups in total. The van der Waals surface area contributed by atoms with Crippen molar-refractivity contribution in [3.8, 4) is 0 Å². The summed E-state index contributed by atoms with van der Waals surface area (Å²) in [6.07, 6.45) is 2.09. The van der Waals surface area contributed by atoms with Crippen molar-refractivity contribution >= 4 is 6.09 Å². The SMILES string of the molecule is [C-]#[N+]/C=C1\CCN(C(=O)OC(C)(C)C)CC1C. The molecule has 1 unspecified atom stereocenters. The molecule has 1 aliphatic rings. The monoisotopic (exact) mass is 236 g/mol. The number of likely N-dealkylation sites (tertiary alicyclic amines) is 1. The predicted molar refractivity (Wildman–Crippen MR) is 66.3 cm³/mol. The van der Waals surface area contributed by atoms with Crippen LogP contribution in [0.1, 0.15) is 34.1 Å². The summed E-state index contributed by atoms with van der Waals surface area (Å²) in [5.41, 5.74) is 0.673.